The largest absolute Gasteiger partial charge is 0.508 e. The lowest BCUT2D eigenvalue weighted by atomic mass is 10.0. The molecule has 4 N–H and O–H groups in total. The van der Waals surface area contributed by atoms with Gasteiger partial charge in [-0.2, -0.15) is 4.39 Å². The summed E-state index contributed by atoms with van der Waals surface area (Å²) in [6.07, 6.45) is -1.18. The molecule has 2 aromatic rings. The Labute approximate surface area is 225 Å². The zero-order valence-electron chi connectivity index (χ0n) is 22.3. The second kappa shape index (κ2) is 13.5. The molecule has 13 heteroatoms. The number of ether oxygens (including phenoxy) is 2. The molecular formula is C26H33FN4O8. The second-order valence-corrected chi connectivity index (χ2v) is 9.79. The normalized spacial score (nSPS) is 13.5. The maximum Gasteiger partial charge on any atom is 0.408 e. The van der Waals surface area contributed by atoms with Crippen molar-refractivity contribution in [3.05, 3.63) is 69.5 Å². The highest BCUT2D eigenvalue weighted by atomic mass is 19.1. The number of nitrogens with one attached hydrogen (secondary N) is 3. The van der Waals surface area contributed by atoms with E-state index in [9.17, 15) is 34.0 Å². The fourth-order valence-corrected chi connectivity index (χ4v) is 3.53. The number of nitro benzene ring substituents is 1. The predicted molar refractivity (Wildman–Crippen MR) is 138 cm³/mol. The summed E-state index contributed by atoms with van der Waals surface area (Å²) in [7, 11) is 1.44. The molecule has 0 saturated heterocycles. The molecule has 0 aliphatic rings. The summed E-state index contributed by atoms with van der Waals surface area (Å²) in [6, 6.07) is 6.32. The zero-order chi connectivity index (χ0) is 29.3. The minimum atomic E-state index is -1.32. The van der Waals surface area contributed by atoms with Crippen LogP contribution >= 0.6 is 0 Å². The number of aromatic hydroxyl groups is 1. The first-order valence-corrected chi connectivity index (χ1v) is 12.0. The van der Waals surface area contributed by atoms with Crippen molar-refractivity contribution in [3.63, 3.8) is 0 Å². The molecular weight excluding hydrogens is 515 g/mol. The van der Waals surface area contributed by atoms with Crippen LogP contribution in [-0.4, -0.2) is 59.3 Å². The average molecular weight is 549 g/mol. The lowest BCUT2D eigenvalue weighted by Crippen LogP contribution is -2.54. The van der Waals surface area contributed by atoms with Crippen LogP contribution in [0, 0.1) is 15.9 Å². The Hall–Kier alpha value is -4.26. The quantitative estimate of drug-likeness (QED) is 0.245. The molecule has 0 heterocycles. The molecule has 0 bridgehead atoms. The van der Waals surface area contributed by atoms with Crippen LogP contribution in [-0.2, 0) is 25.5 Å². The van der Waals surface area contributed by atoms with Crippen molar-refractivity contribution >= 4 is 23.6 Å². The van der Waals surface area contributed by atoms with Crippen LogP contribution in [0.4, 0.5) is 14.9 Å². The number of carbonyl (C=O) groups is 3. The second-order valence-electron chi connectivity index (χ2n) is 9.79. The van der Waals surface area contributed by atoms with Crippen molar-refractivity contribution in [2.75, 3.05) is 13.7 Å². The van der Waals surface area contributed by atoms with Gasteiger partial charge in [0.05, 0.1) is 17.6 Å². The molecule has 0 spiro atoms. The van der Waals surface area contributed by atoms with Gasteiger partial charge in [-0.25, -0.2) is 4.79 Å². The highest BCUT2D eigenvalue weighted by Crippen LogP contribution is 2.21. The molecule has 212 valence electrons. The topological polar surface area (TPSA) is 169 Å². The number of amides is 3. The van der Waals surface area contributed by atoms with Crippen LogP contribution < -0.4 is 16.0 Å². The Morgan fingerprint density at radius 1 is 1.08 bits per heavy atom. The van der Waals surface area contributed by atoms with Gasteiger partial charge >= 0.3 is 11.8 Å². The summed E-state index contributed by atoms with van der Waals surface area (Å²) < 4.78 is 24.2. The summed E-state index contributed by atoms with van der Waals surface area (Å²) in [5.41, 5.74) is -0.894. The molecule has 0 aromatic heterocycles. The van der Waals surface area contributed by atoms with E-state index in [0.29, 0.717) is 5.56 Å². The lowest BCUT2D eigenvalue weighted by Gasteiger charge is -2.25. The number of alkyl carbamates (subject to hydrolysis) is 1. The molecule has 0 radical (unpaired) electrons. The fourth-order valence-electron chi connectivity index (χ4n) is 3.53. The maximum absolute atomic E-state index is 13.8. The van der Waals surface area contributed by atoms with Gasteiger partial charge in [-0.05, 0) is 57.0 Å². The van der Waals surface area contributed by atoms with Crippen LogP contribution in [0.1, 0.15) is 44.9 Å². The highest BCUT2D eigenvalue weighted by Gasteiger charge is 2.29. The van der Waals surface area contributed by atoms with Crippen LogP contribution in [0.2, 0.25) is 0 Å². The van der Waals surface area contributed by atoms with Gasteiger partial charge in [0.2, 0.25) is 17.6 Å². The maximum atomic E-state index is 13.8. The van der Waals surface area contributed by atoms with E-state index in [-0.39, 0.29) is 24.3 Å². The first-order chi connectivity index (χ1) is 18.2. The summed E-state index contributed by atoms with van der Waals surface area (Å²) in [4.78, 5) is 48.7. The molecule has 0 saturated carbocycles. The van der Waals surface area contributed by atoms with Crippen molar-refractivity contribution in [1.82, 2.24) is 16.0 Å². The number of phenols is 1. The third kappa shape index (κ3) is 9.85. The first kappa shape index (κ1) is 31.0. The summed E-state index contributed by atoms with van der Waals surface area (Å²) >= 11 is 0. The molecule has 0 unspecified atom stereocenters. The number of phenolic OH excluding ortho intramolecular Hbond substituents is 1. The van der Waals surface area contributed by atoms with Gasteiger partial charge in [-0.1, -0.05) is 18.2 Å². The number of rotatable bonds is 11. The average Bonchev–Trinajstić information content (AvgIpc) is 2.83. The number of hydrogen-bond acceptors (Lipinski definition) is 8. The van der Waals surface area contributed by atoms with E-state index in [0.717, 1.165) is 12.1 Å². The van der Waals surface area contributed by atoms with E-state index in [1.807, 2.05) is 0 Å². The molecule has 2 aromatic carbocycles. The molecule has 3 atom stereocenters. The number of nitro groups is 1. The first-order valence-electron chi connectivity index (χ1n) is 12.0. The third-order valence-electron chi connectivity index (χ3n) is 5.33. The van der Waals surface area contributed by atoms with Gasteiger partial charge in [0.25, 0.3) is 0 Å². The van der Waals surface area contributed by atoms with Gasteiger partial charge in [0.15, 0.2) is 0 Å². The number of halogens is 1. The lowest BCUT2D eigenvalue weighted by molar-refractivity contribution is -0.387. The van der Waals surface area contributed by atoms with Crippen LogP contribution in [0.15, 0.2) is 42.5 Å². The predicted octanol–water partition coefficient (Wildman–Crippen LogP) is 2.88. The van der Waals surface area contributed by atoms with E-state index < -0.39 is 58.1 Å². The number of methoxy groups -OCH3 is 1. The van der Waals surface area contributed by atoms with Gasteiger partial charge in [0.1, 0.15) is 23.4 Å². The van der Waals surface area contributed by atoms with Gasteiger partial charge in [-0.15, -0.1) is 0 Å². The van der Waals surface area contributed by atoms with Gasteiger partial charge in [0, 0.05) is 19.6 Å². The molecule has 39 heavy (non-hydrogen) atoms. The molecule has 3 amide bonds. The van der Waals surface area contributed by atoms with Gasteiger partial charge in [-0.3, -0.25) is 19.7 Å². The minimum absolute atomic E-state index is 0.00120. The van der Waals surface area contributed by atoms with E-state index in [4.69, 9.17) is 9.47 Å². The Morgan fingerprint density at radius 3 is 2.36 bits per heavy atom. The Kier molecular flexibility index (Phi) is 10.7. The van der Waals surface area contributed by atoms with E-state index in [2.05, 4.69) is 16.0 Å². The van der Waals surface area contributed by atoms with Crippen molar-refractivity contribution in [2.24, 2.45) is 0 Å². The monoisotopic (exact) mass is 548 g/mol. The van der Waals surface area contributed by atoms with E-state index >= 15 is 0 Å². The molecule has 0 fully saturated rings. The Balaban J connectivity index is 2.20. The van der Waals surface area contributed by atoms with Crippen molar-refractivity contribution in [1.29, 1.82) is 0 Å². The molecule has 12 nitrogen and oxygen atoms in total. The third-order valence-corrected chi connectivity index (χ3v) is 5.33. The van der Waals surface area contributed by atoms with Crippen LogP contribution in [0.25, 0.3) is 0 Å². The molecule has 0 aliphatic carbocycles. The standard InChI is InChI=1S/C26H33FN4O8/c1-15(23(33)29-21(14-38-5)17-7-6-8-18(32)13-17)28-24(34)20(30-25(35)39-26(2,3)4)11-16-9-10-19(27)22(12-16)31(36)37/h6-10,12-13,15,20-21,32H,11,14H2,1-5H3,(H,28,34)(H,29,33)(H,30,35)/t15-,20+,21-/m0/s1. The number of nitrogens with zero attached hydrogens (tertiary/aromatic N) is 1. The Bertz CT molecular complexity index is 1200. The van der Waals surface area contributed by atoms with Crippen molar-refractivity contribution in [2.45, 2.75) is 57.8 Å². The number of benzene rings is 2. The van der Waals surface area contributed by atoms with Gasteiger partial charge < -0.3 is 30.5 Å². The summed E-state index contributed by atoms with van der Waals surface area (Å²) in [5.74, 6) is -2.41. The fraction of sp³-hybridized carbons (Fsp3) is 0.423. The van der Waals surface area contributed by atoms with E-state index in [1.54, 1.807) is 32.9 Å². The highest BCUT2D eigenvalue weighted by molar-refractivity contribution is 5.91. The summed E-state index contributed by atoms with van der Waals surface area (Å²) in [5, 5.41) is 28.5. The summed E-state index contributed by atoms with van der Waals surface area (Å²) in [6.45, 7) is 6.38. The molecule has 0 aliphatic heterocycles. The van der Waals surface area contributed by atoms with Crippen molar-refractivity contribution < 1.29 is 38.3 Å². The smallest absolute Gasteiger partial charge is 0.408 e. The Morgan fingerprint density at radius 2 is 1.77 bits per heavy atom. The minimum Gasteiger partial charge on any atom is -0.508 e. The van der Waals surface area contributed by atoms with Crippen molar-refractivity contribution in [3.8, 4) is 5.75 Å². The zero-order valence-corrected chi connectivity index (χ0v) is 22.3. The number of carbonyl (C=O) groups excluding carboxylic acids is 3. The SMILES string of the molecule is COC[C@H](NC(=O)[C@H](C)NC(=O)[C@@H](Cc1ccc(F)c([N+](=O)[O-])c1)NC(=O)OC(C)(C)C)c1cccc(O)c1. The molecule has 2 rings (SSSR count). The van der Waals surface area contributed by atoms with E-state index in [1.165, 1.54) is 32.2 Å². The van der Waals surface area contributed by atoms with Crippen LogP contribution in [0.3, 0.4) is 0 Å². The number of hydrogen-bond donors (Lipinski definition) is 4. The van der Waals surface area contributed by atoms with Crippen LogP contribution in [0.5, 0.6) is 5.75 Å².